The summed E-state index contributed by atoms with van der Waals surface area (Å²) in [6.45, 7) is 12.6. The van der Waals surface area contributed by atoms with Gasteiger partial charge in [0, 0.05) is 25.7 Å². The Kier molecular flexibility index (Phi) is 15.4. The number of hydrogen-bond donors (Lipinski definition) is 0. The van der Waals surface area contributed by atoms with Gasteiger partial charge in [-0.3, -0.25) is 0 Å². The molecule has 1 aromatic rings. The van der Waals surface area contributed by atoms with Gasteiger partial charge in [0.2, 0.25) is 0 Å². The van der Waals surface area contributed by atoms with Crippen LogP contribution in [0.2, 0.25) is 0 Å². The molecule has 0 saturated heterocycles. The third-order valence-electron chi connectivity index (χ3n) is 5.52. The number of hydrogen-bond acceptors (Lipinski definition) is 4. The van der Waals surface area contributed by atoms with E-state index in [4.69, 9.17) is 18.9 Å². The van der Waals surface area contributed by atoms with Gasteiger partial charge in [-0.15, -0.1) is 0 Å². The molecule has 0 spiro atoms. The molecular weight excluding hydrogens is 388 g/mol. The summed E-state index contributed by atoms with van der Waals surface area (Å²) in [5.41, 5.74) is 2.30. The summed E-state index contributed by atoms with van der Waals surface area (Å²) in [6.07, 6.45) is 11.3. The van der Waals surface area contributed by atoms with E-state index in [0.29, 0.717) is 26.4 Å². The third-order valence-corrected chi connectivity index (χ3v) is 5.52. The van der Waals surface area contributed by atoms with Crippen molar-refractivity contribution in [3.63, 3.8) is 0 Å². The van der Waals surface area contributed by atoms with Gasteiger partial charge in [0.05, 0.1) is 12.9 Å². The van der Waals surface area contributed by atoms with Gasteiger partial charge in [0.1, 0.15) is 0 Å². The Labute approximate surface area is 191 Å². The lowest BCUT2D eigenvalue weighted by Crippen LogP contribution is -2.47. The third kappa shape index (κ3) is 10.7. The van der Waals surface area contributed by atoms with Crippen LogP contribution in [0.1, 0.15) is 91.5 Å². The van der Waals surface area contributed by atoms with Crippen molar-refractivity contribution < 1.29 is 18.9 Å². The van der Waals surface area contributed by atoms with Gasteiger partial charge in [-0.1, -0.05) is 75.8 Å². The molecule has 0 N–H and O–H groups in total. The van der Waals surface area contributed by atoms with Crippen molar-refractivity contribution in [1.29, 1.82) is 0 Å². The van der Waals surface area contributed by atoms with Crippen LogP contribution in [0.3, 0.4) is 0 Å². The second-order valence-electron chi connectivity index (χ2n) is 7.98. The van der Waals surface area contributed by atoms with Crippen molar-refractivity contribution in [3.05, 3.63) is 42.2 Å². The smallest absolute Gasteiger partial charge is 0.285 e. The number of allylic oxidation sites excluding steroid dienone is 1. The average molecular weight is 435 g/mol. The summed E-state index contributed by atoms with van der Waals surface area (Å²) >= 11 is 0. The Morgan fingerprint density at radius 1 is 0.806 bits per heavy atom. The maximum absolute atomic E-state index is 6.10. The van der Waals surface area contributed by atoms with E-state index in [0.717, 1.165) is 24.8 Å². The molecule has 1 unspecified atom stereocenters. The summed E-state index contributed by atoms with van der Waals surface area (Å²) in [6, 6.07) is 10.3. The Morgan fingerprint density at radius 3 is 1.97 bits per heavy atom. The predicted molar refractivity (Wildman–Crippen MR) is 130 cm³/mol. The zero-order valence-electron chi connectivity index (χ0n) is 20.7. The fourth-order valence-electron chi connectivity index (χ4n) is 3.91. The Balaban J connectivity index is 2.75. The van der Waals surface area contributed by atoms with E-state index < -0.39 is 5.97 Å². The largest absolute Gasteiger partial charge is 0.501 e. The topological polar surface area (TPSA) is 36.9 Å². The summed E-state index contributed by atoms with van der Waals surface area (Å²) in [7, 11) is 0. The first-order valence-electron chi connectivity index (χ1n) is 12.4. The van der Waals surface area contributed by atoms with Gasteiger partial charge in [0.15, 0.2) is 0 Å². The molecule has 1 rings (SSSR count). The summed E-state index contributed by atoms with van der Waals surface area (Å²) in [4.78, 5) is 0. The summed E-state index contributed by atoms with van der Waals surface area (Å²) in [5, 5.41) is 0. The Hall–Kier alpha value is -1.36. The van der Waals surface area contributed by atoms with Crippen LogP contribution in [0.4, 0.5) is 0 Å². The molecule has 0 saturated carbocycles. The van der Waals surface area contributed by atoms with Crippen LogP contribution < -0.4 is 0 Å². The molecule has 0 aliphatic rings. The number of unbranched alkanes of at least 4 members (excludes halogenated alkanes) is 5. The van der Waals surface area contributed by atoms with Crippen LogP contribution >= 0.6 is 0 Å². The van der Waals surface area contributed by atoms with Gasteiger partial charge in [-0.05, 0) is 51.7 Å². The molecule has 0 heterocycles. The standard InChI is InChI=1S/C27H46O4/c1-6-10-11-12-13-17-20-26(27(29-7-2,30-8-3)31-9-4)21-22-28-23-24(5)25-18-15-14-16-19-25/h14-16,18-19,23,26H,6-13,17,20-22H2,1-5H3. The molecule has 178 valence electrons. The van der Waals surface area contributed by atoms with Gasteiger partial charge < -0.3 is 18.9 Å². The summed E-state index contributed by atoms with van der Waals surface area (Å²) in [5.74, 6) is -0.854. The molecule has 0 aromatic heterocycles. The second-order valence-corrected chi connectivity index (χ2v) is 7.98. The van der Waals surface area contributed by atoms with Crippen molar-refractivity contribution in [3.8, 4) is 0 Å². The van der Waals surface area contributed by atoms with E-state index in [-0.39, 0.29) is 5.92 Å². The minimum Gasteiger partial charge on any atom is -0.501 e. The van der Waals surface area contributed by atoms with Crippen molar-refractivity contribution >= 4 is 5.57 Å². The predicted octanol–water partition coefficient (Wildman–Crippen LogP) is 7.58. The second kappa shape index (κ2) is 17.2. The Morgan fingerprint density at radius 2 is 1.39 bits per heavy atom. The van der Waals surface area contributed by atoms with E-state index in [1.165, 1.54) is 37.7 Å². The van der Waals surface area contributed by atoms with Crippen molar-refractivity contribution in [2.75, 3.05) is 26.4 Å². The number of ether oxygens (including phenoxy) is 4. The molecule has 1 atom stereocenters. The SMILES string of the molecule is CCCCCCCCC(CCOC=C(C)c1ccccc1)C(OCC)(OCC)OCC. The minimum atomic E-state index is -0.983. The van der Waals surface area contributed by atoms with Gasteiger partial charge in [0.25, 0.3) is 5.97 Å². The maximum Gasteiger partial charge on any atom is 0.285 e. The highest BCUT2D eigenvalue weighted by molar-refractivity contribution is 5.62. The average Bonchev–Trinajstić information content (AvgIpc) is 2.78. The molecule has 0 bridgehead atoms. The monoisotopic (exact) mass is 434 g/mol. The quantitative estimate of drug-likeness (QED) is 0.128. The number of rotatable bonds is 19. The lowest BCUT2D eigenvalue weighted by atomic mass is 9.94. The van der Waals surface area contributed by atoms with Gasteiger partial charge >= 0.3 is 0 Å². The number of benzene rings is 1. The van der Waals surface area contributed by atoms with Crippen molar-refractivity contribution in [1.82, 2.24) is 0 Å². The van der Waals surface area contributed by atoms with Crippen LogP contribution in [0.25, 0.3) is 5.57 Å². The first-order valence-corrected chi connectivity index (χ1v) is 12.4. The maximum atomic E-state index is 6.10. The van der Waals surface area contributed by atoms with E-state index >= 15 is 0 Å². The van der Waals surface area contributed by atoms with E-state index in [2.05, 4.69) is 26.0 Å². The zero-order valence-corrected chi connectivity index (χ0v) is 20.7. The van der Waals surface area contributed by atoms with Crippen LogP contribution in [0.15, 0.2) is 36.6 Å². The highest BCUT2D eigenvalue weighted by atomic mass is 16.9. The fraction of sp³-hybridized carbons (Fsp3) is 0.704. The van der Waals surface area contributed by atoms with Gasteiger partial charge in [-0.2, -0.15) is 0 Å². The molecule has 1 aromatic carbocycles. The van der Waals surface area contributed by atoms with Crippen LogP contribution in [0.5, 0.6) is 0 Å². The Bertz CT molecular complexity index is 553. The van der Waals surface area contributed by atoms with E-state index in [1.54, 1.807) is 0 Å². The molecule has 31 heavy (non-hydrogen) atoms. The minimum absolute atomic E-state index is 0.129. The highest BCUT2D eigenvalue weighted by Gasteiger charge is 2.41. The molecule has 0 radical (unpaired) electrons. The fourth-order valence-corrected chi connectivity index (χ4v) is 3.91. The summed E-state index contributed by atoms with van der Waals surface area (Å²) < 4.78 is 24.2. The molecule has 0 fully saturated rings. The molecule has 0 amide bonds. The first kappa shape index (κ1) is 27.7. The van der Waals surface area contributed by atoms with Crippen molar-refractivity contribution in [2.24, 2.45) is 5.92 Å². The highest BCUT2D eigenvalue weighted by Crippen LogP contribution is 2.33. The van der Waals surface area contributed by atoms with Gasteiger partial charge in [-0.25, -0.2) is 0 Å². The molecule has 0 aliphatic heterocycles. The van der Waals surface area contributed by atoms with Crippen LogP contribution in [-0.4, -0.2) is 32.4 Å². The van der Waals surface area contributed by atoms with Crippen LogP contribution in [0, 0.1) is 5.92 Å². The molecule has 4 heteroatoms. The van der Waals surface area contributed by atoms with Crippen LogP contribution in [-0.2, 0) is 18.9 Å². The molecule has 0 aliphatic carbocycles. The molecule has 4 nitrogen and oxygen atoms in total. The van der Waals surface area contributed by atoms with Crippen molar-refractivity contribution in [2.45, 2.75) is 92.0 Å². The lowest BCUT2D eigenvalue weighted by Gasteiger charge is -2.39. The molecular formula is C27H46O4. The first-order chi connectivity index (χ1) is 15.1. The normalized spacial score (nSPS) is 13.4. The van der Waals surface area contributed by atoms with E-state index in [1.807, 2.05) is 45.2 Å². The van der Waals surface area contributed by atoms with E-state index in [9.17, 15) is 0 Å². The zero-order chi connectivity index (χ0) is 22.8. The lowest BCUT2D eigenvalue weighted by molar-refractivity contribution is -0.403.